The van der Waals surface area contributed by atoms with Crippen molar-refractivity contribution in [2.75, 3.05) is 0 Å². The predicted molar refractivity (Wildman–Crippen MR) is 210 cm³/mol. The molecule has 6 aromatic carbocycles. The fraction of sp³-hybridized carbons (Fsp3) is 0.125. The summed E-state index contributed by atoms with van der Waals surface area (Å²) >= 11 is 0. The molecule has 2 atom stereocenters. The number of para-hydroxylation sites is 2. The minimum absolute atomic E-state index is 0.187. The lowest BCUT2D eigenvalue weighted by molar-refractivity contribution is 0.500. The fourth-order valence-electron chi connectivity index (χ4n) is 8.59. The lowest BCUT2D eigenvalue weighted by Gasteiger charge is -2.30. The Morgan fingerprint density at radius 2 is 1.26 bits per heavy atom. The molecule has 2 unspecified atom stereocenters. The van der Waals surface area contributed by atoms with Gasteiger partial charge in [0.1, 0.15) is 11.2 Å². The van der Waals surface area contributed by atoms with E-state index in [2.05, 4.69) is 168 Å². The van der Waals surface area contributed by atoms with Crippen molar-refractivity contribution >= 4 is 49.3 Å². The minimum Gasteiger partial charge on any atom is -0.456 e. The Labute approximate surface area is 292 Å². The van der Waals surface area contributed by atoms with Gasteiger partial charge < -0.3 is 8.98 Å². The van der Waals surface area contributed by atoms with E-state index in [9.17, 15) is 0 Å². The first-order valence-corrected chi connectivity index (χ1v) is 17.9. The number of aromatic nitrogens is 1. The molecule has 50 heavy (non-hydrogen) atoms. The average Bonchev–Trinajstić information content (AvgIpc) is 3.74. The van der Waals surface area contributed by atoms with Crippen molar-refractivity contribution in [1.82, 2.24) is 4.57 Å². The molecule has 2 aliphatic carbocycles. The van der Waals surface area contributed by atoms with E-state index in [-0.39, 0.29) is 6.04 Å². The van der Waals surface area contributed by atoms with Gasteiger partial charge in [-0.05, 0) is 89.8 Å². The van der Waals surface area contributed by atoms with Crippen molar-refractivity contribution in [3.8, 4) is 22.3 Å². The van der Waals surface area contributed by atoms with E-state index in [1.165, 1.54) is 61.6 Å². The number of hydrogen-bond donors (Lipinski definition) is 0. The van der Waals surface area contributed by atoms with Crippen LogP contribution in [0.4, 0.5) is 0 Å². The van der Waals surface area contributed by atoms with Crippen molar-refractivity contribution in [2.45, 2.75) is 31.7 Å². The van der Waals surface area contributed by atoms with Gasteiger partial charge in [-0.15, -0.1) is 0 Å². The van der Waals surface area contributed by atoms with Crippen LogP contribution in [0.15, 0.2) is 174 Å². The molecule has 0 saturated carbocycles. The molecule has 0 N–H and O–H groups in total. The number of hydrogen-bond acceptors (Lipinski definition) is 1. The van der Waals surface area contributed by atoms with E-state index >= 15 is 0 Å². The van der Waals surface area contributed by atoms with Crippen LogP contribution in [0.3, 0.4) is 0 Å². The first-order valence-electron chi connectivity index (χ1n) is 17.9. The Bertz CT molecular complexity index is 2650. The highest BCUT2D eigenvalue weighted by molar-refractivity contribution is 6.14. The van der Waals surface area contributed by atoms with Gasteiger partial charge in [0, 0.05) is 32.6 Å². The number of fused-ring (bicyclic) bond motifs is 6. The maximum atomic E-state index is 6.39. The zero-order valence-corrected chi connectivity index (χ0v) is 27.9. The largest absolute Gasteiger partial charge is 0.456 e. The number of furan rings is 1. The lowest BCUT2D eigenvalue weighted by Crippen LogP contribution is -2.16. The van der Waals surface area contributed by atoms with Gasteiger partial charge >= 0.3 is 0 Å². The van der Waals surface area contributed by atoms with Gasteiger partial charge in [-0.25, -0.2) is 0 Å². The van der Waals surface area contributed by atoms with Crippen LogP contribution in [-0.2, 0) is 0 Å². The van der Waals surface area contributed by atoms with E-state index in [0.717, 1.165) is 41.2 Å². The lowest BCUT2D eigenvalue weighted by atomic mass is 9.80. The second-order valence-electron chi connectivity index (χ2n) is 13.9. The zero-order chi connectivity index (χ0) is 33.0. The third-order valence-electron chi connectivity index (χ3n) is 11.0. The van der Waals surface area contributed by atoms with Crippen LogP contribution in [0.1, 0.15) is 37.3 Å². The summed E-state index contributed by atoms with van der Waals surface area (Å²) in [5.74, 6) is 0.583. The van der Waals surface area contributed by atoms with Gasteiger partial charge in [0.15, 0.2) is 0 Å². The molecule has 2 aromatic heterocycles. The van der Waals surface area contributed by atoms with E-state index < -0.39 is 0 Å². The number of allylic oxidation sites excluding steroid dienone is 6. The van der Waals surface area contributed by atoms with E-state index in [0.29, 0.717) is 5.92 Å². The van der Waals surface area contributed by atoms with Gasteiger partial charge in [-0.2, -0.15) is 0 Å². The summed E-state index contributed by atoms with van der Waals surface area (Å²) in [6.07, 6.45) is 14.3. The SMILES string of the molecule is C1=CCC(C2=CC(c3ccccc3)=CC(n3c4ccccc4c4cccc(-c5ccc6oc7ccc(-c8ccccc8)cc7c6c5)c43)C2)CC1. The highest BCUT2D eigenvalue weighted by atomic mass is 16.3. The quantitative estimate of drug-likeness (QED) is 0.171. The molecule has 0 saturated heterocycles. The van der Waals surface area contributed by atoms with Crippen LogP contribution in [0, 0.1) is 5.92 Å². The standard InChI is InChI=1S/C48H37NO/c1-4-13-32(14-5-1)35-23-25-46-43(30-35)44-31-36(24-26-47(44)50-46)40-20-12-21-42-41-19-10-11-22-45(41)49(48(40)42)39-28-37(33-15-6-2-7-16-33)27-38(29-39)34-17-8-3-9-18-34/h1-8,10-16,19-28,30-31,34,39H,9,17-18,29H2. The van der Waals surface area contributed by atoms with Crippen LogP contribution in [0.5, 0.6) is 0 Å². The predicted octanol–water partition coefficient (Wildman–Crippen LogP) is 13.3. The average molecular weight is 644 g/mol. The summed E-state index contributed by atoms with van der Waals surface area (Å²) in [5, 5.41) is 4.90. The fourth-order valence-corrected chi connectivity index (χ4v) is 8.59. The van der Waals surface area contributed by atoms with Crippen LogP contribution in [0.25, 0.3) is 71.6 Å². The van der Waals surface area contributed by atoms with Crippen molar-refractivity contribution in [1.29, 1.82) is 0 Å². The number of benzene rings is 6. The second-order valence-corrected chi connectivity index (χ2v) is 13.9. The normalized spacial score (nSPS) is 17.8. The summed E-state index contributed by atoms with van der Waals surface area (Å²) < 4.78 is 9.04. The Morgan fingerprint density at radius 1 is 0.560 bits per heavy atom. The molecule has 0 aliphatic heterocycles. The Balaban J connectivity index is 1.18. The minimum atomic E-state index is 0.187. The maximum absolute atomic E-state index is 6.39. The molecule has 8 aromatic rings. The Hall–Kier alpha value is -5.86. The third-order valence-corrected chi connectivity index (χ3v) is 11.0. The van der Waals surface area contributed by atoms with Gasteiger partial charge in [0.25, 0.3) is 0 Å². The van der Waals surface area contributed by atoms with Crippen molar-refractivity contribution in [3.05, 3.63) is 175 Å². The molecular formula is C48H37NO. The van der Waals surface area contributed by atoms with Crippen LogP contribution in [-0.4, -0.2) is 4.57 Å². The zero-order valence-electron chi connectivity index (χ0n) is 27.9. The van der Waals surface area contributed by atoms with Gasteiger partial charge in [-0.1, -0.05) is 139 Å². The van der Waals surface area contributed by atoms with E-state index in [1.54, 1.807) is 5.57 Å². The molecule has 2 heteroatoms. The Kier molecular flexibility index (Phi) is 6.94. The first-order chi connectivity index (χ1) is 24.8. The van der Waals surface area contributed by atoms with Crippen LogP contribution in [0.2, 0.25) is 0 Å². The molecule has 2 heterocycles. The maximum Gasteiger partial charge on any atom is 0.135 e. The molecule has 240 valence electrons. The van der Waals surface area contributed by atoms with Crippen LogP contribution < -0.4 is 0 Å². The molecule has 0 radical (unpaired) electrons. The molecule has 2 aliphatic rings. The van der Waals surface area contributed by atoms with Crippen LogP contribution >= 0.6 is 0 Å². The molecule has 0 fully saturated rings. The highest BCUT2D eigenvalue weighted by Gasteiger charge is 2.27. The van der Waals surface area contributed by atoms with E-state index in [4.69, 9.17) is 4.42 Å². The first kappa shape index (κ1) is 29.1. The molecule has 0 amide bonds. The molecule has 0 bridgehead atoms. The smallest absolute Gasteiger partial charge is 0.135 e. The highest BCUT2D eigenvalue weighted by Crippen LogP contribution is 2.45. The number of rotatable bonds is 5. The summed E-state index contributed by atoms with van der Waals surface area (Å²) in [4.78, 5) is 0. The summed E-state index contributed by atoms with van der Waals surface area (Å²) in [6.45, 7) is 0. The Morgan fingerprint density at radius 3 is 2.04 bits per heavy atom. The van der Waals surface area contributed by atoms with Gasteiger partial charge in [-0.3, -0.25) is 0 Å². The van der Waals surface area contributed by atoms with Crippen molar-refractivity contribution in [3.63, 3.8) is 0 Å². The molecule has 10 rings (SSSR count). The second kappa shape index (κ2) is 11.9. The topological polar surface area (TPSA) is 18.1 Å². The summed E-state index contributed by atoms with van der Waals surface area (Å²) in [6, 6.07) is 50.9. The molecule has 2 nitrogen and oxygen atoms in total. The van der Waals surface area contributed by atoms with E-state index in [1.807, 2.05) is 0 Å². The molecule has 0 spiro atoms. The molecular weight excluding hydrogens is 607 g/mol. The monoisotopic (exact) mass is 643 g/mol. The summed E-state index contributed by atoms with van der Waals surface area (Å²) in [7, 11) is 0. The van der Waals surface area contributed by atoms with Crippen molar-refractivity contribution in [2.24, 2.45) is 5.92 Å². The third kappa shape index (κ3) is 4.86. The van der Waals surface area contributed by atoms with Gasteiger partial charge in [0.2, 0.25) is 0 Å². The van der Waals surface area contributed by atoms with Gasteiger partial charge in [0.05, 0.1) is 11.6 Å². The summed E-state index contributed by atoms with van der Waals surface area (Å²) in [5.41, 5.74) is 13.5. The number of nitrogens with zero attached hydrogens (tertiary/aromatic N) is 1. The van der Waals surface area contributed by atoms with Crippen molar-refractivity contribution < 1.29 is 4.42 Å².